The van der Waals surface area contributed by atoms with Gasteiger partial charge in [-0.05, 0) is 0 Å². The molecule has 1 amide bonds. The summed E-state index contributed by atoms with van der Waals surface area (Å²) in [5, 5.41) is 9.95. The predicted octanol–water partition coefficient (Wildman–Crippen LogP) is 0.209. The van der Waals surface area contributed by atoms with E-state index >= 15 is 0 Å². The number of hydrogen-bond donors (Lipinski definition) is 2. The molecule has 82 valence electrons. The number of hydrogen-bond acceptors (Lipinski definition) is 3. The van der Waals surface area contributed by atoms with E-state index in [2.05, 4.69) is 22.3 Å². The van der Waals surface area contributed by atoms with Crippen LogP contribution in [-0.2, 0) is 11.3 Å². The van der Waals surface area contributed by atoms with E-state index < -0.39 is 0 Å². The zero-order valence-corrected chi connectivity index (χ0v) is 8.86. The van der Waals surface area contributed by atoms with Crippen molar-refractivity contribution in [2.24, 2.45) is 0 Å². The van der Waals surface area contributed by atoms with Crippen LogP contribution in [0.3, 0.4) is 0 Å². The van der Waals surface area contributed by atoms with Crippen LogP contribution in [0.25, 0.3) is 6.20 Å². The van der Waals surface area contributed by atoms with E-state index in [1.807, 2.05) is 6.20 Å². The van der Waals surface area contributed by atoms with E-state index in [4.69, 9.17) is 0 Å². The second kappa shape index (κ2) is 5.98. The van der Waals surface area contributed by atoms with Crippen LogP contribution >= 0.6 is 0 Å². The third-order valence-electron chi connectivity index (χ3n) is 1.85. The van der Waals surface area contributed by atoms with Gasteiger partial charge in [-0.2, -0.15) is 5.10 Å². The fourth-order valence-electron chi connectivity index (χ4n) is 1.13. The minimum atomic E-state index is -0.00345. The Kier molecular flexibility index (Phi) is 4.56. The molecular formula is C10H16N4O. The highest BCUT2D eigenvalue weighted by Crippen LogP contribution is 1.96. The van der Waals surface area contributed by atoms with Crippen LogP contribution in [-0.4, -0.2) is 28.8 Å². The molecule has 0 aromatic carbocycles. The van der Waals surface area contributed by atoms with Gasteiger partial charge in [0.15, 0.2) is 0 Å². The van der Waals surface area contributed by atoms with Gasteiger partial charge in [0.05, 0.1) is 6.20 Å². The van der Waals surface area contributed by atoms with Gasteiger partial charge in [0.1, 0.15) is 0 Å². The first-order valence-electron chi connectivity index (χ1n) is 4.83. The lowest BCUT2D eigenvalue weighted by Gasteiger charge is -2.03. The molecule has 5 heteroatoms. The molecule has 0 aliphatic carbocycles. The molecule has 1 aromatic heterocycles. The fraction of sp³-hybridized carbons (Fsp3) is 0.400. The van der Waals surface area contributed by atoms with E-state index in [1.54, 1.807) is 17.1 Å². The fourth-order valence-corrected chi connectivity index (χ4v) is 1.13. The number of nitrogens with one attached hydrogen (secondary N) is 2. The summed E-state index contributed by atoms with van der Waals surface area (Å²) in [7, 11) is 0. The van der Waals surface area contributed by atoms with Crippen molar-refractivity contribution in [3.63, 3.8) is 0 Å². The summed E-state index contributed by atoms with van der Waals surface area (Å²) in [6.07, 6.45) is 5.33. The Morgan fingerprint density at radius 2 is 2.47 bits per heavy atom. The molecule has 2 N–H and O–H groups in total. The topological polar surface area (TPSA) is 59.0 Å². The highest BCUT2D eigenvalue weighted by Gasteiger charge is 1.95. The quantitative estimate of drug-likeness (QED) is 0.657. The van der Waals surface area contributed by atoms with Crippen molar-refractivity contribution in [2.45, 2.75) is 13.5 Å². The minimum absolute atomic E-state index is 0.00345. The van der Waals surface area contributed by atoms with E-state index in [-0.39, 0.29) is 5.91 Å². The van der Waals surface area contributed by atoms with Crippen molar-refractivity contribution in [3.8, 4) is 0 Å². The maximum atomic E-state index is 10.6. The molecule has 0 aliphatic heterocycles. The van der Waals surface area contributed by atoms with E-state index in [9.17, 15) is 4.79 Å². The highest BCUT2D eigenvalue weighted by atomic mass is 16.1. The number of nitrogens with zero attached hydrogens (tertiary/aromatic N) is 2. The lowest BCUT2D eigenvalue weighted by atomic mass is 10.3. The first-order chi connectivity index (χ1) is 7.22. The number of carbonyl (C=O) groups is 1. The van der Waals surface area contributed by atoms with Gasteiger partial charge < -0.3 is 10.6 Å². The van der Waals surface area contributed by atoms with Crippen LogP contribution in [0.5, 0.6) is 0 Å². The van der Waals surface area contributed by atoms with Crippen molar-refractivity contribution in [1.82, 2.24) is 20.4 Å². The second-order valence-electron chi connectivity index (χ2n) is 3.17. The summed E-state index contributed by atoms with van der Waals surface area (Å²) < 4.78 is 1.66. The van der Waals surface area contributed by atoms with E-state index in [0.717, 1.165) is 18.7 Å². The van der Waals surface area contributed by atoms with Crippen LogP contribution in [0.2, 0.25) is 0 Å². The largest absolute Gasteiger partial charge is 0.355 e. The molecule has 1 aromatic rings. The van der Waals surface area contributed by atoms with Crippen molar-refractivity contribution in [2.75, 3.05) is 13.1 Å². The molecule has 0 fully saturated rings. The minimum Gasteiger partial charge on any atom is -0.355 e. The zero-order valence-electron chi connectivity index (χ0n) is 8.86. The van der Waals surface area contributed by atoms with Crippen LogP contribution in [0.1, 0.15) is 12.5 Å². The summed E-state index contributed by atoms with van der Waals surface area (Å²) in [4.78, 5) is 10.6. The van der Waals surface area contributed by atoms with Crippen LogP contribution in [0, 0.1) is 0 Å². The van der Waals surface area contributed by atoms with Gasteiger partial charge in [0, 0.05) is 44.5 Å². The Bertz CT molecular complexity index is 332. The molecule has 0 unspecified atom stereocenters. The van der Waals surface area contributed by atoms with Crippen molar-refractivity contribution >= 4 is 12.1 Å². The average molecular weight is 208 g/mol. The lowest BCUT2D eigenvalue weighted by molar-refractivity contribution is -0.118. The predicted molar refractivity (Wildman–Crippen MR) is 59.0 cm³/mol. The first-order valence-corrected chi connectivity index (χ1v) is 4.83. The Morgan fingerprint density at radius 3 is 3.07 bits per heavy atom. The summed E-state index contributed by atoms with van der Waals surface area (Å²) in [5.74, 6) is -0.00345. The maximum absolute atomic E-state index is 10.6. The highest BCUT2D eigenvalue weighted by molar-refractivity contribution is 5.72. The molecule has 1 rings (SSSR count). The molecule has 0 atom stereocenters. The van der Waals surface area contributed by atoms with Crippen LogP contribution < -0.4 is 10.6 Å². The molecule has 0 bridgehead atoms. The average Bonchev–Trinajstić information content (AvgIpc) is 2.65. The van der Waals surface area contributed by atoms with Crippen molar-refractivity contribution in [3.05, 3.63) is 24.5 Å². The smallest absolute Gasteiger partial charge is 0.216 e. The van der Waals surface area contributed by atoms with Crippen molar-refractivity contribution < 1.29 is 4.79 Å². The van der Waals surface area contributed by atoms with Crippen LogP contribution in [0.15, 0.2) is 19.0 Å². The van der Waals surface area contributed by atoms with Gasteiger partial charge in [-0.3, -0.25) is 4.79 Å². The van der Waals surface area contributed by atoms with Gasteiger partial charge >= 0.3 is 0 Å². The molecule has 0 saturated carbocycles. The number of aromatic nitrogens is 2. The molecular weight excluding hydrogens is 192 g/mol. The van der Waals surface area contributed by atoms with Gasteiger partial charge in [-0.25, -0.2) is 4.68 Å². The van der Waals surface area contributed by atoms with E-state index in [1.165, 1.54) is 6.92 Å². The monoisotopic (exact) mass is 208 g/mol. The standard InChI is InChI=1S/C10H16N4O/c1-3-14-8-10(7-13-14)6-11-4-5-12-9(2)15/h3,7-8,11H,1,4-6H2,2H3,(H,12,15). The Morgan fingerprint density at radius 1 is 1.67 bits per heavy atom. The Hall–Kier alpha value is -1.62. The van der Waals surface area contributed by atoms with Gasteiger partial charge in [-0.1, -0.05) is 6.58 Å². The molecule has 15 heavy (non-hydrogen) atoms. The van der Waals surface area contributed by atoms with Gasteiger partial charge in [0.25, 0.3) is 0 Å². The summed E-state index contributed by atoms with van der Waals surface area (Å²) in [6, 6.07) is 0. The molecule has 0 saturated heterocycles. The van der Waals surface area contributed by atoms with Crippen LogP contribution in [0.4, 0.5) is 0 Å². The zero-order chi connectivity index (χ0) is 11.1. The third kappa shape index (κ3) is 4.42. The normalized spacial score (nSPS) is 9.93. The van der Waals surface area contributed by atoms with E-state index in [0.29, 0.717) is 6.54 Å². The second-order valence-corrected chi connectivity index (χ2v) is 3.17. The molecule has 1 heterocycles. The SMILES string of the molecule is C=Cn1cc(CNCCNC(C)=O)cn1. The number of amides is 1. The van der Waals surface area contributed by atoms with Crippen molar-refractivity contribution in [1.29, 1.82) is 0 Å². The number of carbonyl (C=O) groups excluding carboxylic acids is 1. The van der Waals surface area contributed by atoms with Gasteiger partial charge in [0.2, 0.25) is 5.91 Å². The lowest BCUT2D eigenvalue weighted by Crippen LogP contribution is -2.29. The maximum Gasteiger partial charge on any atom is 0.216 e. The molecule has 0 spiro atoms. The molecule has 0 aliphatic rings. The molecule has 5 nitrogen and oxygen atoms in total. The summed E-state index contributed by atoms with van der Waals surface area (Å²) in [5.41, 5.74) is 1.10. The third-order valence-corrected chi connectivity index (χ3v) is 1.85. The first kappa shape index (κ1) is 11.5. The molecule has 0 radical (unpaired) electrons. The summed E-state index contributed by atoms with van der Waals surface area (Å²) in [6.45, 7) is 7.25. The summed E-state index contributed by atoms with van der Waals surface area (Å²) >= 11 is 0. The Labute approximate surface area is 89.2 Å². The Balaban J connectivity index is 2.14. The number of rotatable bonds is 6. The van der Waals surface area contributed by atoms with Gasteiger partial charge in [-0.15, -0.1) is 0 Å².